The molecule has 0 aliphatic heterocycles. The van der Waals surface area contributed by atoms with Crippen LogP contribution < -0.4 is 16.8 Å². The first-order chi connectivity index (χ1) is 6.07. The highest BCUT2D eigenvalue weighted by Crippen LogP contribution is 1.87. The molecule has 0 bridgehead atoms. The zero-order valence-electron chi connectivity index (χ0n) is 7.32. The van der Waals surface area contributed by atoms with Gasteiger partial charge in [-0.25, -0.2) is 0 Å². The van der Waals surface area contributed by atoms with Gasteiger partial charge in [-0.3, -0.25) is 9.59 Å². The summed E-state index contributed by atoms with van der Waals surface area (Å²) in [5.41, 5.74) is 10.5. The Morgan fingerprint density at radius 1 is 1.46 bits per heavy atom. The second-order valence-electron chi connectivity index (χ2n) is 2.64. The molecular weight excluding hydrogens is 174 g/mol. The number of carbonyl (C=O) groups is 2. The van der Waals surface area contributed by atoms with Crippen LogP contribution in [0, 0.1) is 0 Å². The summed E-state index contributed by atoms with van der Waals surface area (Å²) in [7, 11) is 0. The maximum Gasteiger partial charge on any atom is 0.305 e. The minimum atomic E-state index is -1.08. The summed E-state index contributed by atoms with van der Waals surface area (Å²) in [6.45, 7) is 0.914. The number of hydrogen-bond donors (Lipinski definition) is 4. The fourth-order valence-electron chi connectivity index (χ4n) is 0.726. The Bertz CT molecular complexity index is 184. The molecule has 0 aromatic rings. The predicted molar refractivity (Wildman–Crippen MR) is 46.9 cm³/mol. The average molecular weight is 189 g/mol. The highest BCUT2D eigenvalue weighted by molar-refractivity contribution is 5.85. The lowest BCUT2D eigenvalue weighted by Gasteiger charge is -2.09. The zero-order valence-corrected chi connectivity index (χ0v) is 7.32. The van der Waals surface area contributed by atoms with Crippen molar-refractivity contribution in [2.24, 2.45) is 11.5 Å². The number of carboxylic acids is 1. The summed E-state index contributed by atoms with van der Waals surface area (Å²) in [6, 6.07) is -0.977. The molecule has 0 aliphatic carbocycles. The Morgan fingerprint density at radius 3 is 2.54 bits per heavy atom. The molecule has 0 spiro atoms. The lowest BCUT2D eigenvalue weighted by Crippen LogP contribution is -2.42. The van der Waals surface area contributed by atoms with E-state index in [1.165, 1.54) is 0 Å². The van der Waals surface area contributed by atoms with Crippen molar-refractivity contribution in [1.29, 1.82) is 0 Å². The Hall–Kier alpha value is -1.14. The Balaban J connectivity index is 3.63. The van der Waals surface area contributed by atoms with Crippen molar-refractivity contribution in [3.63, 3.8) is 0 Å². The van der Waals surface area contributed by atoms with Crippen molar-refractivity contribution in [3.8, 4) is 0 Å². The number of carboxylic acid groups (broad SMARTS) is 1. The smallest absolute Gasteiger partial charge is 0.305 e. The highest BCUT2D eigenvalue weighted by Gasteiger charge is 2.15. The van der Waals surface area contributed by atoms with E-state index in [1.807, 2.05) is 0 Å². The third kappa shape index (κ3) is 6.06. The van der Waals surface area contributed by atoms with Crippen molar-refractivity contribution in [1.82, 2.24) is 5.32 Å². The van der Waals surface area contributed by atoms with Crippen LogP contribution in [0.2, 0.25) is 0 Å². The van der Waals surface area contributed by atoms with Gasteiger partial charge in [-0.1, -0.05) is 0 Å². The van der Waals surface area contributed by atoms with Gasteiger partial charge in [0.15, 0.2) is 0 Å². The van der Waals surface area contributed by atoms with Crippen molar-refractivity contribution in [3.05, 3.63) is 0 Å². The molecule has 1 amide bonds. The van der Waals surface area contributed by atoms with E-state index >= 15 is 0 Å². The van der Waals surface area contributed by atoms with Crippen molar-refractivity contribution in [2.75, 3.05) is 13.1 Å². The molecule has 6 nitrogen and oxygen atoms in total. The quantitative estimate of drug-likeness (QED) is 0.370. The minimum Gasteiger partial charge on any atom is -0.481 e. The molecule has 0 saturated carbocycles. The number of nitrogens with one attached hydrogen (secondary N) is 1. The summed E-state index contributed by atoms with van der Waals surface area (Å²) in [5, 5.41) is 10.8. The van der Waals surface area contributed by atoms with Crippen molar-refractivity contribution in [2.45, 2.75) is 18.9 Å². The standard InChI is InChI=1S/C7H15N3O3/c8-2-1-3-10-7(13)5(9)4-6(11)12/h5H,1-4,8-9H2,(H,10,13)(H,11,12). The number of rotatable bonds is 6. The maximum atomic E-state index is 11.0. The summed E-state index contributed by atoms with van der Waals surface area (Å²) < 4.78 is 0. The van der Waals surface area contributed by atoms with Crippen molar-refractivity contribution < 1.29 is 14.7 Å². The lowest BCUT2D eigenvalue weighted by molar-refractivity contribution is -0.139. The first-order valence-corrected chi connectivity index (χ1v) is 4.03. The molecule has 1 unspecified atom stereocenters. The lowest BCUT2D eigenvalue weighted by atomic mass is 10.2. The molecule has 6 heteroatoms. The minimum absolute atomic E-state index is 0.353. The predicted octanol–water partition coefficient (Wildman–Crippen LogP) is -1.75. The topological polar surface area (TPSA) is 118 Å². The molecule has 0 aliphatic rings. The first kappa shape index (κ1) is 11.9. The Kier molecular flexibility index (Phi) is 5.82. The highest BCUT2D eigenvalue weighted by atomic mass is 16.4. The van der Waals surface area contributed by atoms with E-state index < -0.39 is 17.9 Å². The van der Waals surface area contributed by atoms with Gasteiger partial charge in [-0.15, -0.1) is 0 Å². The van der Waals surface area contributed by atoms with Gasteiger partial charge in [0.2, 0.25) is 5.91 Å². The normalized spacial score (nSPS) is 12.2. The van der Waals surface area contributed by atoms with E-state index in [9.17, 15) is 9.59 Å². The van der Waals surface area contributed by atoms with Crippen LogP contribution in [0.25, 0.3) is 0 Å². The van der Waals surface area contributed by atoms with Crippen LogP contribution in [0.4, 0.5) is 0 Å². The van der Waals surface area contributed by atoms with Gasteiger partial charge in [0.25, 0.3) is 0 Å². The summed E-state index contributed by atoms with van der Waals surface area (Å²) >= 11 is 0. The van der Waals surface area contributed by atoms with Gasteiger partial charge in [-0.05, 0) is 13.0 Å². The largest absolute Gasteiger partial charge is 0.481 e. The molecule has 0 fully saturated rings. The van der Waals surface area contributed by atoms with Crippen molar-refractivity contribution >= 4 is 11.9 Å². The van der Waals surface area contributed by atoms with Gasteiger partial charge >= 0.3 is 5.97 Å². The van der Waals surface area contributed by atoms with Crippen LogP contribution in [0.15, 0.2) is 0 Å². The first-order valence-electron chi connectivity index (χ1n) is 4.03. The Labute approximate surface area is 76.3 Å². The zero-order chi connectivity index (χ0) is 10.3. The van der Waals surface area contributed by atoms with Crippen LogP contribution in [-0.4, -0.2) is 36.1 Å². The second kappa shape index (κ2) is 6.38. The van der Waals surface area contributed by atoms with E-state index in [1.54, 1.807) is 0 Å². The fraction of sp³-hybridized carbons (Fsp3) is 0.714. The van der Waals surface area contributed by atoms with Gasteiger partial charge in [0.1, 0.15) is 0 Å². The van der Waals surface area contributed by atoms with E-state index in [4.69, 9.17) is 16.6 Å². The SMILES string of the molecule is NCCCNC(=O)C(N)CC(=O)O. The maximum absolute atomic E-state index is 11.0. The van der Waals surface area contributed by atoms with Crippen LogP contribution in [-0.2, 0) is 9.59 Å². The molecule has 0 rings (SSSR count). The van der Waals surface area contributed by atoms with Crippen LogP contribution in [0.3, 0.4) is 0 Å². The van der Waals surface area contributed by atoms with E-state index in [2.05, 4.69) is 5.32 Å². The van der Waals surface area contributed by atoms with E-state index in [0.29, 0.717) is 19.5 Å². The molecule has 1 atom stereocenters. The monoisotopic (exact) mass is 189 g/mol. The van der Waals surface area contributed by atoms with Crippen LogP contribution in [0.1, 0.15) is 12.8 Å². The molecule has 0 heterocycles. The fourth-order valence-corrected chi connectivity index (χ4v) is 0.726. The molecule has 0 aromatic carbocycles. The third-order valence-electron chi connectivity index (χ3n) is 1.41. The molecule has 13 heavy (non-hydrogen) atoms. The number of hydrogen-bond acceptors (Lipinski definition) is 4. The number of nitrogens with two attached hydrogens (primary N) is 2. The summed E-state index contributed by atoms with van der Waals surface area (Å²) in [5.74, 6) is -1.53. The second-order valence-corrected chi connectivity index (χ2v) is 2.64. The molecule has 0 radical (unpaired) electrons. The van der Waals surface area contributed by atoms with Gasteiger partial charge in [0.05, 0.1) is 12.5 Å². The third-order valence-corrected chi connectivity index (χ3v) is 1.41. The van der Waals surface area contributed by atoms with Crippen LogP contribution >= 0.6 is 0 Å². The molecule has 6 N–H and O–H groups in total. The molecule has 76 valence electrons. The molecule has 0 aromatic heterocycles. The van der Waals surface area contributed by atoms with E-state index in [0.717, 1.165) is 0 Å². The van der Waals surface area contributed by atoms with Gasteiger partial charge in [-0.2, -0.15) is 0 Å². The average Bonchev–Trinajstić information content (AvgIpc) is 2.03. The number of aliphatic carboxylic acids is 1. The summed E-state index contributed by atoms with van der Waals surface area (Å²) in [4.78, 5) is 21.2. The van der Waals surface area contributed by atoms with Gasteiger partial charge < -0.3 is 21.9 Å². The number of carbonyl (C=O) groups excluding carboxylic acids is 1. The van der Waals surface area contributed by atoms with Gasteiger partial charge in [0, 0.05) is 6.54 Å². The number of amides is 1. The molecule has 0 saturated heterocycles. The Morgan fingerprint density at radius 2 is 2.08 bits per heavy atom. The summed E-state index contributed by atoms with van der Waals surface area (Å²) in [6.07, 6.45) is 0.306. The molecular formula is C7H15N3O3. The van der Waals surface area contributed by atoms with Crippen LogP contribution in [0.5, 0.6) is 0 Å². The van der Waals surface area contributed by atoms with E-state index in [-0.39, 0.29) is 6.42 Å².